The summed E-state index contributed by atoms with van der Waals surface area (Å²) < 4.78 is 0. The molecule has 0 radical (unpaired) electrons. The maximum atomic E-state index is 12.4. The molecule has 0 amide bonds. The van der Waals surface area contributed by atoms with Crippen molar-refractivity contribution in [3.05, 3.63) is 36.5 Å². The third kappa shape index (κ3) is 6.91. The van der Waals surface area contributed by atoms with Gasteiger partial charge in [0.1, 0.15) is 0 Å². The first-order valence-electron chi connectivity index (χ1n) is 9.78. The average Bonchev–Trinajstić information content (AvgIpc) is 2.87. The van der Waals surface area contributed by atoms with Gasteiger partial charge in [0, 0.05) is 11.3 Å². The second-order valence-electron chi connectivity index (χ2n) is 7.63. The number of unbranched alkanes of at least 4 members (excludes halogenated alkanes) is 2. The number of carboxylic acid groups (broad SMARTS) is 1. The first-order valence-corrected chi connectivity index (χ1v) is 9.78. The topological polar surface area (TPSA) is 74.6 Å². The van der Waals surface area contributed by atoms with Crippen molar-refractivity contribution < 1.29 is 19.8 Å². The summed E-state index contributed by atoms with van der Waals surface area (Å²) in [6, 6.07) is 0. The van der Waals surface area contributed by atoms with Gasteiger partial charge in [-0.15, -0.1) is 0 Å². The van der Waals surface area contributed by atoms with Crippen LogP contribution in [0.5, 0.6) is 0 Å². The van der Waals surface area contributed by atoms with Gasteiger partial charge in [-0.05, 0) is 37.7 Å². The number of allylic oxidation sites excluding steroid dienone is 6. The summed E-state index contributed by atoms with van der Waals surface area (Å²) in [5, 5.41) is 17.9. The van der Waals surface area contributed by atoms with E-state index in [2.05, 4.69) is 26.0 Å². The van der Waals surface area contributed by atoms with Crippen LogP contribution in [0.15, 0.2) is 36.5 Å². The van der Waals surface area contributed by atoms with Crippen LogP contribution < -0.4 is 0 Å². The molecule has 2 N–H and O–H groups in total. The molecule has 0 aromatic rings. The van der Waals surface area contributed by atoms with Crippen LogP contribution in [0.1, 0.15) is 65.7 Å². The van der Waals surface area contributed by atoms with Gasteiger partial charge < -0.3 is 10.2 Å². The lowest BCUT2D eigenvalue weighted by molar-refractivity contribution is -0.146. The number of carboxylic acids is 1. The Kier molecular flexibility index (Phi) is 9.57. The highest BCUT2D eigenvalue weighted by atomic mass is 16.4. The van der Waals surface area contributed by atoms with E-state index in [0.29, 0.717) is 18.8 Å². The van der Waals surface area contributed by atoms with Gasteiger partial charge in [0.05, 0.1) is 0 Å². The zero-order valence-corrected chi connectivity index (χ0v) is 16.4. The van der Waals surface area contributed by atoms with Gasteiger partial charge in [0.15, 0.2) is 11.9 Å². The predicted molar refractivity (Wildman–Crippen MR) is 105 cm³/mol. The first kappa shape index (κ1) is 22.4. The maximum Gasteiger partial charge on any atom is 0.332 e. The number of aliphatic hydroxyl groups excluding tert-OH is 1. The fraction of sp³-hybridized carbons (Fsp3) is 0.636. The Labute approximate surface area is 157 Å². The molecule has 4 nitrogen and oxygen atoms in total. The lowest BCUT2D eigenvalue weighted by atomic mass is 9.75. The van der Waals surface area contributed by atoms with Crippen LogP contribution in [-0.2, 0) is 9.59 Å². The predicted octanol–water partition coefficient (Wildman–Crippen LogP) is 4.69. The summed E-state index contributed by atoms with van der Waals surface area (Å²) >= 11 is 0. The largest absolute Gasteiger partial charge is 0.479 e. The number of aliphatic carboxylic acids is 1. The van der Waals surface area contributed by atoms with Gasteiger partial charge in [0.2, 0.25) is 0 Å². The van der Waals surface area contributed by atoms with Crippen molar-refractivity contribution in [1.82, 2.24) is 0 Å². The molecule has 146 valence electrons. The van der Waals surface area contributed by atoms with Crippen LogP contribution in [0.25, 0.3) is 0 Å². The normalized spacial score (nSPS) is 25.4. The molecule has 0 aliphatic heterocycles. The summed E-state index contributed by atoms with van der Waals surface area (Å²) in [6.45, 7) is 6.41. The van der Waals surface area contributed by atoms with E-state index in [4.69, 9.17) is 5.11 Å². The Balaban J connectivity index is 2.55. The molecule has 4 heteroatoms. The molecule has 0 aromatic heterocycles. The van der Waals surface area contributed by atoms with Gasteiger partial charge >= 0.3 is 5.97 Å². The summed E-state index contributed by atoms with van der Waals surface area (Å²) in [5.41, 5.74) is -0.471. The van der Waals surface area contributed by atoms with E-state index in [0.717, 1.165) is 0 Å². The van der Waals surface area contributed by atoms with Crippen molar-refractivity contribution in [2.75, 3.05) is 0 Å². The molecule has 26 heavy (non-hydrogen) atoms. The zero-order valence-electron chi connectivity index (χ0n) is 16.4. The monoisotopic (exact) mass is 362 g/mol. The van der Waals surface area contributed by atoms with Gasteiger partial charge in [-0.3, -0.25) is 4.79 Å². The maximum absolute atomic E-state index is 12.4. The Morgan fingerprint density at radius 3 is 2.69 bits per heavy atom. The fourth-order valence-corrected chi connectivity index (χ4v) is 3.22. The number of carbonyl (C=O) groups is 2. The smallest absolute Gasteiger partial charge is 0.332 e. The molecular formula is C22H34O4. The molecule has 0 aromatic carbocycles. The van der Waals surface area contributed by atoms with E-state index in [1.807, 2.05) is 25.2 Å². The summed E-state index contributed by atoms with van der Waals surface area (Å²) in [5.74, 6) is -0.444. The van der Waals surface area contributed by atoms with Crippen LogP contribution in [0.2, 0.25) is 0 Å². The number of hydrogen-bond acceptors (Lipinski definition) is 3. The number of rotatable bonds is 12. The van der Waals surface area contributed by atoms with E-state index in [-0.39, 0.29) is 18.1 Å². The van der Waals surface area contributed by atoms with E-state index in [1.54, 1.807) is 6.08 Å². The zero-order chi connectivity index (χ0) is 19.6. The Hall–Kier alpha value is -1.68. The van der Waals surface area contributed by atoms with Gasteiger partial charge in [0.25, 0.3) is 0 Å². The number of aliphatic hydroxyl groups is 1. The van der Waals surface area contributed by atoms with E-state index in [1.165, 1.54) is 25.7 Å². The summed E-state index contributed by atoms with van der Waals surface area (Å²) in [4.78, 5) is 22.9. The molecule has 1 aliphatic carbocycles. The first-order chi connectivity index (χ1) is 12.3. The number of ketones is 1. The molecule has 0 heterocycles. The van der Waals surface area contributed by atoms with Crippen molar-refractivity contribution in [2.24, 2.45) is 17.3 Å². The summed E-state index contributed by atoms with van der Waals surface area (Å²) in [6.07, 6.45) is 16.7. The molecule has 1 aliphatic rings. The van der Waals surface area contributed by atoms with Gasteiger partial charge in [-0.25, -0.2) is 4.79 Å². The van der Waals surface area contributed by atoms with Crippen LogP contribution in [-0.4, -0.2) is 28.1 Å². The number of hydrogen-bond donors (Lipinski definition) is 2. The standard InChI is InChI=1S/C22H34O4/c1-4-5-7-10-17(2)12-13-18-14-15-20(24)22(18,3)16-9-6-8-11-19(23)21(25)26/h6,9,12-15,17-19,23H,4-5,7-8,10-11,16H2,1-3H3,(H,25,26)/t17?,18-,19?,22+/m0/s1. The lowest BCUT2D eigenvalue weighted by Gasteiger charge is -2.27. The molecule has 0 fully saturated rings. The third-order valence-corrected chi connectivity index (χ3v) is 5.26. The van der Waals surface area contributed by atoms with Gasteiger partial charge in [-0.1, -0.05) is 70.4 Å². The van der Waals surface area contributed by atoms with Crippen molar-refractivity contribution >= 4 is 11.8 Å². The molecule has 2 unspecified atom stereocenters. The highest BCUT2D eigenvalue weighted by molar-refractivity contribution is 5.98. The highest BCUT2D eigenvalue weighted by Crippen LogP contribution is 2.40. The van der Waals surface area contributed by atoms with Crippen LogP contribution >= 0.6 is 0 Å². The Bertz CT molecular complexity index is 546. The number of carbonyl (C=O) groups excluding carboxylic acids is 1. The van der Waals surface area contributed by atoms with Crippen molar-refractivity contribution in [1.29, 1.82) is 0 Å². The quantitative estimate of drug-likeness (QED) is 0.390. The van der Waals surface area contributed by atoms with Crippen molar-refractivity contribution in [3.63, 3.8) is 0 Å². The SMILES string of the molecule is CCCCCC(C)C=C[C@H]1C=CC(=O)[C@]1(C)CC=CCCC(O)C(=O)O. The molecule has 4 atom stereocenters. The highest BCUT2D eigenvalue weighted by Gasteiger charge is 2.40. The second kappa shape index (κ2) is 11.1. The molecule has 0 saturated carbocycles. The molecule has 0 spiro atoms. The van der Waals surface area contributed by atoms with E-state index in [9.17, 15) is 14.7 Å². The third-order valence-electron chi connectivity index (χ3n) is 5.26. The van der Waals surface area contributed by atoms with E-state index < -0.39 is 17.5 Å². The minimum absolute atomic E-state index is 0.0953. The van der Waals surface area contributed by atoms with Crippen molar-refractivity contribution in [2.45, 2.75) is 71.8 Å². The van der Waals surface area contributed by atoms with Crippen LogP contribution in [0.3, 0.4) is 0 Å². The Morgan fingerprint density at radius 2 is 2.04 bits per heavy atom. The van der Waals surface area contributed by atoms with Crippen LogP contribution in [0.4, 0.5) is 0 Å². The molecule has 0 bridgehead atoms. The van der Waals surface area contributed by atoms with Crippen LogP contribution in [0, 0.1) is 17.3 Å². The summed E-state index contributed by atoms with van der Waals surface area (Å²) in [7, 11) is 0. The van der Waals surface area contributed by atoms with E-state index >= 15 is 0 Å². The molecular weight excluding hydrogens is 328 g/mol. The molecule has 0 saturated heterocycles. The Morgan fingerprint density at radius 1 is 1.31 bits per heavy atom. The lowest BCUT2D eigenvalue weighted by Crippen LogP contribution is -2.28. The van der Waals surface area contributed by atoms with Gasteiger partial charge in [-0.2, -0.15) is 0 Å². The minimum atomic E-state index is -1.32. The fourth-order valence-electron chi connectivity index (χ4n) is 3.22. The average molecular weight is 363 g/mol. The second-order valence-corrected chi connectivity index (χ2v) is 7.63. The van der Waals surface area contributed by atoms with Crippen molar-refractivity contribution in [3.8, 4) is 0 Å². The molecule has 1 rings (SSSR count). The minimum Gasteiger partial charge on any atom is -0.479 e.